The van der Waals surface area contributed by atoms with E-state index in [0.717, 1.165) is 10.5 Å². The molecule has 0 fully saturated rings. The maximum Gasteiger partial charge on any atom is 0.319 e. The topological polar surface area (TPSA) is 83.4 Å². The molecule has 2 aromatic carbocycles. The monoisotopic (exact) mass is 407 g/mol. The average Bonchev–Trinajstić information content (AvgIpc) is 3.22. The van der Waals surface area contributed by atoms with E-state index in [1.54, 1.807) is 48.2 Å². The van der Waals surface area contributed by atoms with E-state index in [4.69, 9.17) is 4.42 Å². The largest absolute Gasteiger partial charge is 0.459 e. The van der Waals surface area contributed by atoms with Crippen molar-refractivity contribution < 1.29 is 14.0 Å². The highest BCUT2D eigenvalue weighted by atomic mass is 32.2. The Morgan fingerprint density at radius 2 is 1.66 bits per heavy atom. The zero-order valence-corrected chi connectivity index (χ0v) is 16.5. The molecule has 0 spiro atoms. The van der Waals surface area contributed by atoms with Crippen LogP contribution in [0.1, 0.15) is 16.1 Å². The van der Waals surface area contributed by atoms with Crippen molar-refractivity contribution in [3.8, 4) is 0 Å². The highest BCUT2D eigenvalue weighted by Crippen LogP contribution is 2.25. The van der Waals surface area contributed by atoms with Crippen LogP contribution < -0.4 is 16.0 Å². The second kappa shape index (κ2) is 10.2. The van der Waals surface area contributed by atoms with Crippen LogP contribution in [0.25, 0.3) is 0 Å². The molecule has 7 heteroatoms. The smallest absolute Gasteiger partial charge is 0.319 e. The van der Waals surface area contributed by atoms with Crippen LogP contribution in [0.15, 0.2) is 88.9 Å². The standard InChI is InChI=1S/C22H21N3O3S/c1-2-13-23-22(27)25-18-10-8-17(9-11-18)24-21(26)20-16(12-14-28-20)15-29-19-6-4-3-5-7-19/h2-12,14H,1,13,15H2,(H,24,26)(H2,23,25,27). The number of carbonyl (C=O) groups is 2. The molecule has 148 valence electrons. The second-order valence-corrected chi connectivity index (χ2v) is 7.08. The van der Waals surface area contributed by atoms with Gasteiger partial charge in [0.2, 0.25) is 0 Å². The molecular formula is C22H21N3O3S. The van der Waals surface area contributed by atoms with Crippen LogP contribution in [-0.4, -0.2) is 18.5 Å². The molecule has 0 bridgehead atoms. The first-order valence-electron chi connectivity index (χ1n) is 8.97. The van der Waals surface area contributed by atoms with E-state index in [0.29, 0.717) is 29.4 Å². The summed E-state index contributed by atoms with van der Waals surface area (Å²) >= 11 is 1.64. The Balaban J connectivity index is 1.57. The Labute approximate surface area is 173 Å². The summed E-state index contributed by atoms with van der Waals surface area (Å²) < 4.78 is 5.40. The zero-order valence-electron chi connectivity index (χ0n) is 15.7. The van der Waals surface area contributed by atoms with Crippen molar-refractivity contribution in [2.45, 2.75) is 10.6 Å². The molecule has 29 heavy (non-hydrogen) atoms. The number of carbonyl (C=O) groups excluding carboxylic acids is 2. The molecule has 0 saturated heterocycles. The van der Waals surface area contributed by atoms with Crippen LogP contribution in [0.3, 0.4) is 0 Å². The maximum absolute atomic E-state index is 12.6. The van der Waals surface area contributed by atoms with Gasteiger partial charge < -0.3 is 20.4 Å². The third-order valence-corrected chi connectivity index (χ3v) is 4.96. The Morgan fingerprint density at radius 3 is 2.34 bits per heavy atom. The Hall–Kier alpha value is -3.45. The fourth-order valence-corrected chi connectivity index (χ4v) is 3.39. The summed E-state index contributed by atoms with van der Waals surface area (Å²) in [6.07, 6.45) is 3.12. The predicted molar refractivity (Wildman–Crippen MR) is 116 cm³/mol. The van der Waals surface area contributed by atoms with E-state index in [9.17, 15) is 9.59 Å². The van der Waals surface area contributed by atoms with E-state index in [1.165, 1.54) is 6.26 Å². The van der Waals surface area contributed by atoms with Crippen LogP contribution in [0, 0.1) is 0 Å². The van der Waals surface area contributed by atoms with Gasteiger partial charge in [0.25, 0.3) is 5.91 Å². The summed E-state index contributed by atoms with van der Waals surface area (Å²) in [5, 5.41) is 8.13. The van der Waals surface area contributed by atoms with Crippen LogP contribution in [-0.2, 0) is 5.75 Å². The van der Waals surface area contributed by atoms with Gasteiger partial charge in [-0.15, -0.1) is 18.3 Å². The van der Waals surface area contributed by atoms with Crippen LogP contribution in [0.4, 0.5) is 16.2 Å². The van der Waals surface area contributed by atoms with E-state index >= 15 is 0 Å². The number of rotatable bonds is 8. The molecule has 0 aliphatic carbocycles. The molecular weight excluding hydrogens is 386 g/mol. The Bertz CT molecular complexity index is 968. The van der Waals surface area contributed by atoms with Crippen LogP contribution in [0.2, 0.25) is 0 Å². The molecule has 0 unspecified atom stereocenters. The van der Waals surface area contributed by atoms with Crippen LogP contribution >= 0.6 is 11.8 Å². The number of anilines is 2. The molecule has 0 aliphatic heterocycles. The number of benzene rings is 2. The summed E-state index contributed by atoms with van der Waals surface area (Å²) in [5.41, 5.74) is 2.04. The van der Waals surface area contributed by atoms with Gasteiger partial charge in [-0.3, -0.25) is 4.79 Å². The molecule has 1 aromatic heterocycles. The first kappa shape index (κ1) is 20.3. The number of hydrogen-bond acceptors (Lipinski definition) is 4. The third kappa shape index (κ3) is 6.02. The normalized spacial score (nSPS) is 10.2. The quantitative estimate of drug-likeness (QED) is 0.357. The lowest BCUT2D eigenvalue weighted by Crippen LogP contribution is -2.28. The number of hydrogen-bond donors (Lipinski definition) is 3. The van der Waals surface area contributed by atoms with Crippen molar-refractivity contribution in [1.82, 2.24) is 5.32 Å². The van der Waals surface area contributed by atoms with Gasteiger partial charge in [0.1, 0.15) is 0 Å². The maximum atomic E-state index is 12.6. The summed E-state index contributed by atoms with van der Waals surface area (Å²) in [6, 6.07) is 18.3. The van der Waals surface area contributed by atoms with Gasteiger partial charge in [0.05, 0.1) is 6.26 Å². The summed E-state index contributed by atoms with van der Waals surface area (Å²) in [7, 11) is 0. The minimum Gasteiger partial charge on any atom is -0.459 e. The van der Waals surface area contributed by atoms with E-state index in [2.05, 4.69) is 22.5 Å². The summed E-state index contributed by atoms with van der Waals surface area (Å²) in [4.78, 5) is 25.3. The Morgan fingerprint density at radius 1 is 0.966 bits per heavy atom. The molecule has 3 aromatic rings. The van der Waals surface area contributed by atoms with E-state index in [-0.39, 0.29) is 11.9 Å². The Kier molecular flexibility index (Phi) is 7.13. The highest BCUT2D eigenvalue weighted by molar-refractivity contribution is 7.98. The van der Waals surface area contributed by atoms with Crippen molar-refractivity contribution in [1.29, 1.82) is 0 Å². The number of amides is 3. The van der Waals surface area contributed by atoms with Crippen molar-refractivity contribution in [3.63, 3.8) is 0 Å². The number of nitrogens with one attached hydrogen (secondary N) is 3. The third-order valence-electron chi connectivity index (χ3n) is 3.90. The minimum atomic E-state index is -0.321. The summed E-state index contributed by atoms with van der Waals surface area (Å²) in [6.45, 7) is 3.92. The molecule has 1 heterocycles. The first-order chi connectivity index (χ1) is 14.2. The molecule has 0 radical (unpaired) electrons. The molecule has 0 atom stereocenters. The second-order valence-electron chi connectivity index (χ2n) is 6.03. The molecule has 0 saturated carbocycles. The average molecular weight is 407 g/mol. The fraction of sp³-hybridized carbons (Fsp3) is 0.0909. The van der Waals surface area contributed by atoms with Gasteiger partial charge >= 0.3 is 6.03 Å². The number of urea groups is 1. The summed E-state index contributed by atoms with van der Waals surface area (Å²) in [5.74, 6) is 0.605. The van der Waals surface area contributed by atoms with Gasteiger partial charge in [0.15, 0.2) is 5.76 Å². The van der Waals surface area contributed by atoms with Crippen molar-refractivity contribution in [2.24, 2.45) is 0 Å². The molecule has 3 rings (SSSR count). The minimum absolute atomic E-state index is 0.291. The van der Waals surface area contributed by atoms with Crippen LogP contribution in [0.5, 0.6) is 0 Å². The highest BCUT2D eigenvalue weighted by Gasteiger charge is 2.16. The van der Waals surface area contributed by atoms with E-state index < -0.39 is 0 Å². The molecule has 6 nitrogen and oxygen atoms in total. The fourth-order valence-electron chi connectivity index (χ4n) is 2.49. The van der Waals surface area contributed by atoms with Gasteiger partial charge in [-0.25, -0.2) is 4.79 Å². The first-order valence-corrected chi connectivity index (χ1v) is 9.95. The number of furan rings is 1. The lowest BCUT2D eigenvalue weighted by molar-refractivity contribution is 0.0995. The number of thioether (sulfide) groups is 1. The van der Waals surface area contributed by atoms with Gasteiger partial charge in [-0.2, -0.15) is 0 Å². The lowest BCUT2D eigenvalue weighted by atomic mass is 10.2. The van der Waals surface area contributed by atoms with Gasteiger partial charge in [-0.05, 0) is 42.5 Å². The van der Waals surface area contributed by atoms with Gasteiger partial charge in [-0.1, -0.05) is 24.3 Å². The van der Waals surface area contributed by atoms with Crippen molar-refractivity contribution >= 4 is 35.1 Å². The van der Waals surface area contributed by atoms with Crippen molar-refractivity contribution in [3.05, 3.63) is 90.9 Å². The molecule has 0 aliphatic rings. The van der Waals surface area contributed by atoms with Crippen molar-refractivity contribution in [2.75, 3.05) is 17.2 Å². The lowest BCUT2D eigenvalue weighted by Gasteiger charge is -2.08. The van der Waals surface area contributed by atoms with E-state index in [1.807, 2.05) is 30.3 Å². The molecule has 3 amide bonds. The SMILES string of the molecule is C=CCNC(=O)Nc1ccc(NC(=O)c2occc2CSc2ccccc2)cc1. The van der Waals surface area contributed by atoms with Gasteiger partial charge in [0, 0.05) is 34.1 Å². The predicted octanol–water partition coefficient (Wildman–Crippen LogP) is 5.13. The molecule has 3 N–H and O–H groups in total. The zero-order chi connectivity index (χ0) is 20.5.